The van der Waals surface area contributed by atoms with Gasteiger partial charge in [0.25, 0.3) is 11.8 Å². The number of aryl methyl sites for hydroxylation is 1. The van der Waals surface area contributed by atoms with Crippen molar-refractivity contribution in [1.29, 1.82) is 0 Å². The number of carbonyl (C=O) groups excluding carboxylic acids is 2. The van der Waals surface area contributed by atoms with Gasteiger partial charge in [-0.25, -0.2) is 9.67 Å². The molecule has 0 aliphatic carbocycles. The fourth-order valence-electron chi connectivity index (χ4n) is 2.99. The fraction of sp³-hybridized carbons (Fsp3) is 0.0909. The molecule has 0 spiro atoms. The largest absolute Gasteiger partial charge is 0.355 e. The summed E-state index contributed by atoms with van der Waals surface area (Å²) in [6, 6.07) is 18.5. The molecule has 0 unspecified atom stereocenters. The molecule has 7 nitrogen and oxygen atoms in total. The lowest BCUT2D eigenvalue weighted by molar-refractivity contribution is 0.0962. The Morgan fingerprint density at radius 1 is 1.00 bits per heavy atom. The van der Waals surface area contributed by atoms with E-state index in [4.69, 9.17) is 0 Å². The van der Waals surface area contributed by atoms with Crippen LogP contribution in [0, 0.1) is 6.92 Å². The molecule has 0 radical (unpaired) electrons. The standard InChI is InChI=1S/C22H19N5O2S/c1-14-13-15(21(28)23-2)10-11-17(14)24-22(29)19-25-20(18-9-6-12-30-18)27(26-19)16-7-4-3-5-8-16/h3-13H,1-2H3,(H,23,28)(H,24,29). The zero-order valence-electron chi connectivity index (χ0n) is 16.4. The molecule has 2 amide bonds. The number of nitrogens with zero attached hydrogens (tertiary/aromatic N) is 3. The van der Waals surface area contributed by atoms with Crippen LogP contribution >= 0.6 is 11.3 Å². The Kier molecular flexibility index (Phi) is 5.40. The second kappa shape index (κ2) is 8.30. The third-order valence-electron chi connectivity index (χ3n) is 4.52. The Labute approximate surface area is 177 Å². The van der Waals surface area contributed by atoms with Crippen LogP contribution in [0.1, 0.15) is 26.5 Å². The highest BCUT2D eigenvalue weighted by Gasteiger charge is 2.20. The van der Waals surface area contributed by atoms with Gasteiger partial charge in [-0.05, 0) is 54.3 Å². The maximum atomic E-state index is 12.9. The Morgan fingerprint density at radius 2 is 1.80 bits per heavy atom. The minimum Gasteiger partial charge on any atom is -0.355 e. The van der Waals surface area contributed by atoms with Crippen LogP contribution in [-0.2, 0) is 0 Å². The number of carbonyl (C=O) groups is 2. The van der Waals surface area contributed by atoms with E-state index in [1.807, 2.05) is 54.8 Å². The number of amides is 2. The molecular weight excluding hydrogens is 398 g/mol. The third-order valence-corrected chi connectivity index (χ3v) is 5.38. The lowest BCUT2D eigenvalue weighted by Gasteiger charge is -2.08. The van der Waals surface area contributed by atoms with Crippen LogP contribution in [0.4, 0.5) is 5.69 Å². The SMILES string of the molecule is CNC(=O)c1ccc(NC(=O)c2nc(-c3cccs3)n(-c3ccccc3)n2)c(C)c1. The fourth-order valence-corrected chi connectivity index (χ4v) is 3.69. The molecule has 0 saturated carbocycles. The minimum atomic E-state index is -0.418. The number of thiophene rings is 1. The van der Waals surface area contributed by atoms with Crippen LogP contribution in [0.25, 0.3) is 16.4 Å². The molecule has 30 heavy (non-hydrogen) atoms. The summed E-state index contributed by atoms with van der Waals surface area (Å²) in [5.74, 6) is 0.0724. The van der Waals surface area contributed by atoms with Gasteiger partial charge in [-0.15, -0.1) is 16.4 Å². The van der Waals surface area contributed by atoms with Crippen LogP contribution < -0.4 is 10.6 Å². The number of hydrogen-bond acceptors (Lipinski definition) is 5. The van der Waals surface area contributed by atoms with Crippen LogP contribution in [0.2, 0.25) is 0 Å². The summed E-state index contributed by atoms with van der Waals surface area (Å²) in [5.41, 5.74) is 2.71. The van der Waals surface area contributed by atoms with Crippen molar-refractivity contribution in [3.63, 3.8) is 0 Å². The van der Waals surface area contributed by atoms with Gasteiger partial charge in [-0.2, -0.15) is 0 Å². The van der Waals surface area contributed by atoms with Crippen LogP contribution in [0.15, 0.2) is 66.0 Å². The molecule has 4 rings (SSSR count). The van der Waals surface area contributed by atoms with Gasteiger partial charge in [0.05, 0.1) is 10.6 Å². The van der Waals surface area contributed by atoms with E-state index < -0.39 is 5.91 Å². The van der Waals surface area contributed by atoms with Gasteiger partial charge in [0.1, 0.15) is 0 Å². The molecule has 0 fully saturated rings. The van der Waals surface area contributed by atoms with E-state index >= 15 is 0 Å². The van der Waals surface area contributed by atoms with Crippen molar-refractivity contribution in [3.05, 3.63) is 83.0 Å². The molecule has 0 atom stereocenters. The van der Waals surface area contributed by atoms with Gasteiger partial charge in [0, 0.05) is 18.3 Å². The maximum Gasteiger partial charge on any atom is 0.295 e. The minimum absolute atomic E-state index is 0.0667. The first-order valence-electron chi connectivity index (χ1n) is 9.27. The Hall–Kier alpha value is -3.78. The summed E-state index contributed by atoms with van der Waals surface area (Å²) in [6.45, 7) is 1.83. The molecule has 0 aliphatic rings. The van der Waals surface area contributed by atoms with E-state index in [-0.39, 0.29) is 11.7 Å². The topological polar surface area (TPSA) is 88.9 Å². The molecule has 2 heterocycles. The predicted octanol–water partition coefficient (Wildman–Crippen LogP) is 3.92. The monoisotopic (exact) mass is 417 g/mol. The van der Waals surface area contributed by atoms with E-state index in [2.05, 4.69) is 20.7 Å². The van der Waals surface area contributed by atoms with Crippen LogP contribution in [-0.4, -0.2) is 33.6 Å². The number of hydrogen-bond donors (Lipinski definition) is 2. The summed E-state index contributed by atoms with van der Waals surface area (Å²) in [6.07, 6.45) is 0. The van der Waals surface area contributed by atoms with Crippen molar-refractivity contribution in [2.24, 2.45) is 0 Å². The molecule has 150 valence electrons. The van der Waals surface area contributed by atoms with Gasteiger partial charge >= 0.3 is 0 Å². The van der Waals surface area contributed by atoms with Gasteiger partial charge < -0.3 is 10.6 Å². The summed E-state index contributed by atoms with van der Waals surface area (Å²) < 4.78 is 1.67. The van der Waals surface area contributed by atoms with E-state index in [1.54, 1.807) is 29.9 Å². The summed E-state index contributed by atoms with van der Waals surface area (Å²) >= 11 is 1.53. The number of nitrogens with one attached hydrogen (secondary N) is 2. The number of rotatable bonds is 5. The molecule has 2 aromatic heterocycles. The number of anilines is 1. The highest BCUT2D eigenvalue weighted by atomic mass is 32.1. The summed E-state index contributed by atoms with van der Waals surface area (Å²) in [7, 11) is 1.58. The summed E-state index contributed by atoms with van der Waals surface area (Å²) in [4.78, 5) is 30.1. The predicted molar refractivity (Wildman–Crippen MR) is 117 cm³/mol. The first kappa shape index (κ1) is 19.5. The number of benzene rings is 2. The molecule has 0 bridgehead atoms. The second-order valence-corrected chi connectivity index (χ2v) is 7.49. The maximum absolute atomic E-state index is 12.9. The lowest BCUT2D eigenvalue weighted by atomic mass is 10.1. The van der Waals surface area contributed by atoms with Gasteiger partial charge in [0.2, 0.25) is 5.82 Å². The van der Waals surface area contributed by atoms with Crippen molar-refractivity contribution in [1.82, 2.24) is 20.1 Å². The van der Waals surface area contributed by atoms with E-state index in [0.29, 0.717) is 17.1 Å². The van der Waals surface area contributed by atoms with Crippen molar-refractivity contribution < 1.29 is 9.59 Å². The molecule has 0 aliphatic heterocycles. The smallest absolute Gasteiger partial charge is 0.295 e. The first-order valence-corrected chi connectivity index (χ1v) is 10.1. The third kappa shape index (κ3) is 3.85. The zero-order valence-corrected chi connectivity index (χ0v) is 17.2. The quantitative estimate of drug-likeness (QED) is 0.515. The van der Waals surface area contributed by atoms with Crippen molar-refractivity contribution >= 4 is 28.8 Å². The van der Waals surface area contributed by atoms with Gasteiger partial charge in [-0.3, -0.25) is 9.59 Å². The van der Waals surface area contributed by atoms with Gasteiger partial charge in [-0.1, -0.05) is 24.3 Å². The highest BCUT2D eigenvalue weighted by Crippen LogP contribution is 2.26. The average Bonchev–Trinajstić information content (AvgIpc) is 3.45. The lowest BCUT2D eigenvalue weighted by Crippen LogP contribution is -2.19. The van der Waals surface area contributed by atoms with E-state index in [9.17, 15) is 9.59 Å². The normalized spacial score (nSPS) is 10.6. The Bertz CT molecular complexity index is 1200. The van der Waals surface area contributed by atoms with E-state index in [0.717, 1.165) is 16.1 Å². The second-order valence-electron chi connectivity index (χ2n) is 6.55. The molecule has 0 saturated heterocycles. The van der Waals surface area contributed by atoms with Crippen molar-refractivity contribution in [3.8, 4) is 16.4 Å². The summed E-state index contributed by atoms with van der Waals surface area (Å²) in [5, 5.41) is 11.8. The van der Waals surface area contributed by atoms with E-state index in [1.165, 1.54) is 11.3 Å². The van der Waals surface area contributed by atoms with Gasteiger partial charge in [0.15, 0.2) is 5.82 Å². The Balaban J connectivity index is 1.66. The number of aromatic nitrogens is 3. The molecule has 2 aromatic carbocycles. The van der Waals surface area contributed by atoms with Crippen LogP contribution in [0.5, 0.6) is 0 Å². The molecule has 2 N–H and O–H groups in total. The molecule has 8 heteroatoms. The van der Waals surface area contributed by atoms with Crippen molar-refractivity contribution in [2.45, 2.75) is 6.92 Å². The average molecular weight is 417 g/mol. The number of para-hydroxylation sites is 1. The van der Waals surface area contributed by atoms with Crippen molar-refractivity contribution in [2.75, 3.05) is 12.4 Å². The zero-order chi connectivity index (χ0) is 21.1. The molecular formula is C22H19N5O2S. The first-order chi connectivity index (χ1) is 14.6. The highest BCUT2D eigenvalue weighted by molar-refractivity contribution is 7.13. The van der Waals surface area contributed by atoms with Crippen LogP contribution in [0.3, 0.4) is 0 Å². The Morgan fingerprint density at radius 3 is 2.47 bits per heavy atom. The molecule has 4 aromatic rings.